The van der Waals surface area contributed by atoms with Crippen LogP contribution in [0.1, 0.15) is 13.8 Å². The summed E-state index contributed by atoms with van der Waals surface area (Å²) in [5.41, 5.74) is 0. The van der Waals surface area contributed by atoms with Gasteiger partial charge in [-0.05, 0) is 13.8 Å². The minimum atomic E-state index is 0. The predicted molar refractivity (Wildman–Crippen MR) is 48.3 cm³/mol. The minimum Gasteiger partial charge on any atom is -1.00 e. The number of hydrogen-bond donors (Lipinski definition) is 0. The zero-order valence-electron chi connectivity index (χ0n) is 8.72. The molecule has 0 aliphatic rings. The maximum Gasteiger partial charge on any atom is 0.137 e. The third kappa shape index (κ3) is 9.79. The summed E-state index contributed by atoms with van der Waals surface area (Å²) in [4.78, 5) is 0. The van der Waals surface area contributed by atoms with Gasteiger partial charge >= 0.3 is 0 Å². The third-order valence-corrected chi connectivity index (χ3v) is 1.50. The van der Waals surface area contributed by atoms with E-state index in [4.69, 9.17) is 4.74 Å². The van der Waals surface area contributed by atoms with Crippen LogP contribution in [0.2, 0.25) is 0 Å². The van der Waals surface area contributed by atoms with Crippen molar-refractivity contribution < 1.29 is 21.6 Å². The molecule has 0 N–H and O–H groups in total. The average Bonchev–Trinajstić information content (AvgIpc) is 1.85. The SMILES string of the molecule is CC=C(C)OCC[N+](C)(C)C.[Cl-]. The van der Waals surface area contributed by atoms with Crippen molar-refractivity contribution in [3.05, 3.63) is 11.8 Å². The Morgan fingerprint density at radius 3 is 2.17 bits per heavy atom. The smallest absolute Gasteiger partial charge is 0.137 e. The van der Waals surface area contributed by atoms with E-state index in [1.165, 1.54) is 0 Å². The highest BCUT2D eigenvalue weighted by molar-refractivity contribution is 4.83. The Morgan fingerprint density at radius 1 is 1.33 bits per heavy atom. The van der Waals surface area contributed by atoms with Gasteiger partial charge in [0.1, 0.15) is 13.2 Å². The lowest BCUT2D eigenvalue weighted by Gasteiger charge is -2.23. The lowest BCUT2D eigenvalue weighted by molar-refractivity contribution is -0.870. The van der Waals surface area contributed by atoms with Gasteiger partial charge in [0.05, 0.1) is 26.9 Å². The van der Waals surface area contributed by atoms with Crippen molar-refractivity contribution in [2.24, 2.45) is 0 Å². The minimum absolute atomic E-state index is 0. The lowest BCUT2D eigenvalue weighted by atomic mass is 10.5. The monoisotopic (exact) mass is 193 g/mol. The molecular weight excluding hydrogens is 174 g/mol. The standard InChI is InChI=1S/C9H20NO.ClH/c1-6-9(2)11-8-7-10(3,4)5;/h6H,7-8H2,1-5H3;1H/q+1;/p-1. The van der Waals surface area contributed by atoms with Crippen molar-refractivity contribution >= 4 is 0 Å². The third-order valence-electron chi connectivity index (χ3n) is 1.50. The van der Waals surface area contributed by atoms with Crippen molar-refractivity contribution in [1.29, 1.82) is 0 Å². The van der Waals surface area contributed by atoms with Crippen molar-refractivity contribution in [1.82, 2.24) is 0 Å². The average molecular weight is 194 g/mol. The summed E-state index contributed by atoms with van der Waals surface area (Å²) in [6.07, 6.45) is 1.98. The fourth-order valence-electron chi connectivity index (χ4n) is 0.564. The first-order valence-electron chi connectivity index (χ1n) is 4.02. The first-order valence-corrected chi connectivity index (χ1v) is 4.02. The Kier molecular flexibility index (Phi) is 7.54. The van der Waals surface area contributed by atoms with Crippen molar-refractivity contribution in [2.75, 3.05) is 34.3 Å². The van der Waals surface area contributed by atoms with Crippen LogP contribution in [0.15, 0.2) is 11.8 Å². The second-order valence-electron chi connectivity index (χ2n) is 3.76. The number of likely N-dealkylation sites (N-methyl/N-ethyl adjacent to an activating group) is 1. The topological polar surface area (TPSA) is 9.23 Å². The first kappa shape index (κ1) is 14.3. The van der Waals surface area contributed by atoms with Crippen LogP contribution >= 0.6 is 0 Å². The van der Waals surface area contributed by atoms with Gasteiger partial charge in [0, 0.05) is 0 Å². The van der Waals surface area contributed by atoms with Crippen LogP contribution in [-0.2, 0) is 4.74 Å². The second kappa shape index (κ2) is 6.32. The summed E-state index contributed by atoms with van der Waals surface area (Å²) in [5, 5.41) is 0. The molecule has 0 aromatic carbocycles. The number of nitrogens with zero attached hydrogens (tertiary/aromatic N) is 1. The normalized spacial score (nSPS) is 12.2. The van der Waals surface area contributed by atoms with Crippen molar-refractivity contribution in [3.8, 4) is 0 Å². The molecule has 0 aromatic rings. The van der Waals surface area contributed by atoms with Gasteiger partial charge < -0.3 is 21.6 Å². The second-order valence-corrected chi connectivity index (χ2v) is 3.76. The fraction of sp³-hybridized carbons (Fsp3) is 0.778. The van der Waals surface area contributed by atoms with E-state index in [0.717, 1.165) is 23.4 Å². The number of ether oxygens (including phenoxy) is 1. The van der Waals surface area contributed by atoms with Gasteiger partial charge in [-0.2, -0.15) is 0 Å². The molecule has 12 heavy (non-hydrogen) atoms. The molecular formula is C9H20ClNO. The molecule has 3 heteroatoms. The maximum atomic E-state index is 5.41. The van der Waals surface area contributed by atoms with E-state index >= 15 is 0 Å². The largest absolute Gasteiger partial charge is 1.00 e. The van der Waals surface area contributed by atoms with Crippen LogP contribution in [0, 0.1) is 0 Å². The van der Waals surface area contributed by atoms with E-state index in [1.807, 2.05) is 19.9 Å². The number of rotatable bonds is 4. The molecule has 74 valence electrons. The van der Waals surface area contributed by atoms with Gasteiger partial charge in [-0.25, -0.2) is 0 Å². The molecule has 0 rings (SSSR count). The van der Waals surface area contributed by atoms with E-state index in [-0.39, 0.29) is 12.4 Å². The molecule has 0 heterocycles. The van der Waals surface area contributed by atoms with Crippen molar-refractivity contribution in [3.63, 3.8) is 0 Å². The van der Waals surface area contributed by atoms with E-state index in [0.29, 0.717) is 0 Å². The highest BCUT2D eigenvalue weighted by Gasteiger charge is 2.05. The summed E-state index contributed by atoms with van der Waals surface area (Å²) in [5.74, 6) is 1.01. The lowest BCUT2D eigenvalue weighted by Crippen LogP contribution is -3.00. The summed E-state index contributed by atoms with van der Waals surface area (Å²) in [6.45, 7) is 5.82. The zero-order valence-corrected chi connectivity index (χ0v) is 9.48. The summed E-state index contributed by atoms with van der Waals surface area (Å²) < 4.78 is 6.37. The molecule has 0 aromatic heterocycles. The Bertz CT molecular complexity index is 138. The molecule has 0 radical (unpaired) electrons. The molecule has 0 spiro atoms. The van der Waals surface area contributed by atoms with E-state index < -0.39 is 0 Å². The van der Waals surface area contributed by atoms with Gasteiger partial charge in [-0.15, -0.1) is 0 Å². The molecule has 0 saturated carbocycles. The Balaban J connectivity index is 0. The van der Waals surface area contributed by atoms with E-state index in [1.54, 1.807) is 0 Å². The zero-order chi connectivity index (χ0) is 8.91. The van der Waals surface area contributed by atoms with Gasteiger partial charge in [-0.1, -0.05) is 6.08 Å². The van der Waals surface area contributed by atoms with Gasteiger partial charge in [0.25, 0.3) is 0 Å². The number of allylic oxidation sites excluding steroid dienone is 2. The van der Waals surface area contributed by atoms with Gasteiger partial charge in [0.2, 0.25) is 0 Å². The number of hydrogen-bond acceptors (Lipinski definition) is 1. The van der Waals surface area contributed by atoms with Gasteiger partial charge in [0.15, 0.2) is 0 Å². The number of halogens is 1. The Hall–Kier alpha value is -0.210. The molecule has 0 aliphatic carbocycles. The predicted octanol–water partition coefficient (Wildman–Crippen LogP) is -1.36. The van der Waals surface area contributed by atoms with Gasteiger partial charge in [-0.3, -0.25) is 0 Å². The fourth-order valence-corrected chi connectivity index (χ4v) is 0.564. The molecule has 0 amide bonds. The van der Waals surface area contributed by atoms with Crippen LogP contribution in [0.25, 0.3) is 0 Å². The molecule has 0 atom stereocenters. The molecule has 0 aliphatic heterocycles. The maximum absolute atomic E-state index is 5.41. The molecule has 0 bridgehead atoms. The van der Waals surface area contributed by atoms with Crippen LogP contribution in [0.3, 0.4) is 0 Å². The van der Waals surface area contributed by atoms with E-state index in [9.17, 15) is 0 Å². The highest BCUT2D eigenvalue weighted by Crippen LogP contribution is 1.96. The highest BCUT2D eigenvalue weighted by atomic mass is 35.5. The van der Waals surface area contributed by atoms with Crippen molar-refractivity contribution in [2.45, 2.75) is 13.8 Å². The summed E-state index contributed by atoms with van der Waals surface area (Å²) in [6, 6.07) is 0. The van der Waals surface area contributed by atoms with E-state index in [2.05, 4.69) is 21.1 Å². The molecule has 0 saturated heterocycles. The quantitative estimate of drug-likeness (QED) is 0.396. The van der Waals surface area contributed by atoms with Crippen LogP contribution in [-0.4, -0.2) is 38.8 Å². The van der Waals surface area contributed by atoms with Crippen LogP contribution in [0.5, 0.6) is 0 Å². The summed E-state index contributed by atoms with van der Waals surface area (Å²) >= 11 is 0. The number of quaternary nitrogens is 1. The molecule has 0 fully saturated rings. The first-order chi connectivity index (χ1) is 4.95. The summed E-state index contributed by atoms with van der Waals surface area (Å²) in [7, 11) is 6.48. The Labute approximate surface area is 82.2 Å². The van der Waals surface area contributed by atoms with Crippen LogP contribution in [0.4, 0.5) is 0 Å². The van der Waals surface area contributed by atoms with Crippen LogP contribution < -0.4 is 12.4 Å². The Morgan fingerprint density at radius 2 is 1.83 bits per heavy atom. The molecule has 2 nitrogen and oxygen atoms in total. The molecule has 0 unspecified atom stereocenters.